The number of hydrogen-bond acceptors (Lipinski definition) is 3. The van der Waals surface area contributed by atoms with Crippen LogP contribution in [0.15, 0.2) is 24.3 Å². The van der Waals surface area contributed by atoms with Crippen molar-refractivity contribution in [3.63, 3.8) is 0 Å². The molecule has 0 fully saturated rings. The number of nitrogens with zero attached hydrogens (tertiary/aromatic N) is 1. The molecule has 0 unspecified atom stereocenters. The van der Waals surface area contributed by atoms with Gasteiger partial charge in [-0.2, -0.15) is 0 Å². The smallest absolute Gasteiger partial charge is 0.240 e. The molecule has 4 N–H and O–H groups in total. The number of hydrogen-bond donors (Lipinski definition) is 2. The summed E-state index contributed by atoms with van der Waals surface area (Å²) in [4.78, 5) is 25.6. The topological polar surface area (TPSA) is 89.4 Å². The molecular formula is C15H21N3O2. The van der Waals surface area contributed by atoms with Crippen molar-refractivity contribution in [3.8, 4) is 0 Å². The van der Waals surface area contributed by atoms with Crippen LogP contribution in [0.1, 0.15) is 25.0 Å². The molecule has 0 bridgehead atoms. The zero-order valence-electron chi connectivity index (χ0n) is 11.9. The molecule has 0 aromatic heterocycles. The molecule has 5 heteroatoms. The second-order valence-electron chi connectivity index (χ2n) is 5.63. The van der Waals surface area contributed by atoms with Gasteiger partial charge in [0.1, 0.15) is 6.04 Å². The summed E-state index contributed by atoms with van der Waals surface area (Å²) >= 11 is 0. The standard InChI is InChI=1S/C15H21N3O2/c1-9(2)13(16)15(20)18-8-11-6-4-3-5-10(11)7-12(18)14(17)19/h3-6,9,12-13H,7-8,16H2,1-2H3,(H2,17,19)/t12-,13+/m0/s1. The second kappa shape index (κ2) is 5.63. The fourth-order valence-corrected chi connectivity index (χ4v) is 2.49. The van der Waals surface area contributed by atoms with E-state index in [0.717, 1.165) is 11.1 Å². The van der Waals surface area contributed by atoms with Gasteiger partial charge in [0.05, 0.1) is 6.04 Å². The van der Waals surface area contributed by atoms with Crippen LogP contribution >= 0.6 is 0 Å². The van der Waals surface area contributed by atoms with Crippen LogP contribution in [0.4, 0.5) is 0 Å². The molecule has 2 amide bonds. The highest BCUT2D eigenvalue weighted by atomic mass is 16.2. The van der Waals surface area contributed by atoms with Crippen molar-refractivity contribution in [2.24, 2.45) is 17.4 Å². The molecule has 0 radical (unpaired) electrons. The number of carbonyl (C=O) groups excluding carboxylic acids is 2. The van der Waals surface area contributed by atoms with E-state index in [1.165, 1.54) is 4.90 Å². The molecule has 1 aliphatic rings. The monoisotopic (exact) mass is 275 g/mol. The minimum absolute atomic E-state index is 0.0215. The lowest BCUT2D eigenvalue weighted by Crippen LogP contribution is -2.56. The Kier molecular flexibility index (Phi) is 4.09. The van der Waals surface area contributed by atoms with Crippen LogP contribution in [-0.2, 0) is 22.6 Å². The van der Waals surface area contributed by atoms with Crippen LogP contribution in [-0.4, -0.2) is 28.8 Å². The summed E-state index contributed by atoms with van der Waals surface area (Å²) in [6, 6.07) is 6.57. The molecule has 0 spiro atoms. The molecule has 0 saturated heterocycles. The average molecular weight is 275 g/mol. The third kappa shape index (κ3) is 2.67. The Morgan fingerprint density at radius 2 is 1.85 bits per heavy atom. The van der Waals surface area contributed by atoms with Crippen molar-refractivity contribution >= 4 is 11.8 Å². The van der Waals surface area contributed by atoms with Gasteiger partial charge in [-0.3, -0.25) is 9.59 Å². The third-order valence-corrected chi connectivity index (χ3v) is 3.86. The number of carbonyl (C=O) groups is 2. The lowest BCUT2D eigenvalue weighted by molar-refractivity contribution is -0.142. The van der Waals surface area contributed by atoms with Crippen molar-refractivity contribution in [2.45, 2.75) is 38.9 Å². The maximum absolute atomic E-state index is 12.5. The Balaban J connectivity index is 2.31. The van der Waals surface area contributed by atoms with Gasteiger partial charge in [-0.15, -0.1) is 0 Å². The van der Waals surface area contributed by atoms with E-state index in [1.807, 2.05) is 38.1 Å². The zero-order chi connectivity index (χ0) is 14.9. The summed E-state index contributed by atoms with van der Waals surface area (Å²) in [6.07, 6.45) is 0.460. The Hall–Kier alpha value is -1.88. The minimum atomic E-state index is -0.609. The number of fused-ring (bicyclic) bond motifs is 1. The SMILES string of the molecule is CC(C)[C@@H](N)C(=O)N1Cc2ccccc2C[C@H]1C(N)=O. The van der Waals surface area contributed by atoms with Gasteiger partial charge >= 0.3 is 0 Å². The number of nitrogens with two attached hydrogens (primary N) is 2. The minimum Gasteiger partial charge on any atom is -0.368 e. The highest BCUT2D eigenvalue weighted by Crippen LogP contribution is 2.24. The van der Waals surface area contributed by atoms with Gasteiger partial charge < -0.3 is 16.4 Å². The van der Waals surface area contributed by atoms with E-state index >= 15 is 0 Å². The van der Waals surface area contributed by atoms with E-state index in [2.05, 4.69) is 0 Å². The Labute approximate surface area is 118 Å². The van der Waals surface area contributed by atoms with Crippen LogP contribution in [0, 0.1) is 5.92 Å². The maximum Gasteiger partial charge on any atom is 0.240 e. The predicted molar refractivity (Wildman–Crippen MR) is 76.5 cm³/mol. The van der Waals surface area contributed by atoms with Crippen molar-refractivity contribution in [1.82, 2.24) is 4.90 Å². The van der Waals surface area contributed by atoms with Crippen LogP contribution in [0.25, 0.3) is 0 Å². The molecule has 20 heavy (non-hydrogen) atoms. The summed E-state index contributed by atoms with van der Waals surface area (Å²) in [7, 11) is 0. The van der Waals surface area contributed by atoms with Crippen LogP contribution < -0.4 is 11.5 Å². The fraction of sp³-hybridized carbons (Fsp3) is 0.467. The Bertz CT molecular complexity index is 528. The van der Waals surface area contributed by atoms with E-state index in [0.29, 0.717) is 13.0 Å². The van der Waals surface area contributed by atoms with Gasteiger partial charge in [0, 0.05) is 13.0 Å². The van der Waals surface area contributed by atoms with Gasteiger partial charge in [0.15, 0.2) is 0 Å². The number of benzene rings is 1. The maximum atomic E-state index is 12.5. The predicted octanol–water partition coefficient (Wildman–Crippen LogP) is 0.408. The van der Waals surface area contributed by atoms with Crippen molar-refractivity contribution < 1.29 is 9.59 Å². The summed E-state index contributed by atoms with van der Waals surface area (Å²) in [6.45, 7) is 4.17. The first kappa shape index (κ1) is 14.5. The van der Waals surface area contributed by atoms with E-state index in [4.69, 9.17) is 11.5 Å². The van der Waals surface area contributed by atoms with E-state index < -0.39 is 18.0 Å². The van der Waals surface area contributed by atoms with E-state index in [9.17, 15) is 9.59 Å². The Morgan fingerprint density at radius 3 is 2.40 bits per heavy atom. The van der Waals surface area contributed by atoms with Gasteiger partial charge in [-0.1, -0.05) is 38.1 Å². The Morgan fingerprint density at radius 1 is 1.25 bits per heavy atom. The fourth-order valence-electron chi connectivity index (χ4n) is 2.49. The summed E-state index contributed by atoms with van der Waals surface area (Å²) in [5, 5.41) is 0. The lowest BCUT2D eigenvalue weighted by Gasteiger charge is -2.37. The second-order valence-corrected chi connectivity index (χ2v) is 5.63. The molecule has 2 atom stereocenters. The van der Waals surface area contributed by atoms with Gasteiger partial charge in [0.2, 0.25) is 11.8 Å². The molecule has 2 rings (SSSR count). The largest absolute Gasteiger partial charge is 0.368 e. The van der Waals surface area contributed by atoms with Crippen LogP contribution in [0.5, 0.6) is 0 Å². The van der Waals surface area contributed by atoms with Crippen molar-refractivity contribution in [3.05, 3.63) is 35.4 Å². The van der Waals surface area contributed by atoms with Gasteiger partial charge in [0.25, 0.3) is 0 Å². The van der Waals surface area contributed by atoms with Crippen LogP contribution in [0.2, 0.25) is 0 Å². The molecule has 1 aliphatic heterocycles. The number of amides is 2. The first-order chi connectivity index (χ1) is 9.41. The molecule has 0 aliphatic carbocycles. The highest BCUT2D eigenvalue weighted by molar-refractivity contribution is 5.89. The molecule has 0 saturated carbocycles. The van der Waals surface area contributed by atoms with Crippen molar-refractivity contribution in [2.75, 3.05) is 0 Å². The molecule has 108 valence electrons. The van der Waals surface area contributed by atoms with E-state index in [1.54, 1.807) is 0 Å². The highest BCUT2D eigenvalue weighted by Gasteiger charge is 2.35. The average Bonchev–Trinajstić information content (AvgIpc) is 2.44. The van der Waals surface area contributed by atoms with Gasteiger partial charge in [-0.25, -0.2) is 0 Å². The zero-order valence-corrected chi connectivity index (χ0v) is 11.9. The quantitative estimate of drug-likeness (QED) is 0.837. The summed E-state index contributed by atoms with van der Waals surface area (Å²) in [5.74, 6) is -0.671. The molecular weight excluding hydrogens is 254 g/mol. The molecule has 1 heterocycles. The van der Waals surface area contributed by atoms with E-state index in [-0.39, 0.29) is 11.8 Å². The molecule has 1 aromatic carbocycles. The number of rotatable bonds is 3. The molecule has 5 nitrogen and oxygen atoms in total. The summed E-state index contributed by atoms with van der Waals surface area (Å²) < 4.78 is 0. The van der Waals surface area contributed by atoms with Gasteiger partial charge in [-0.05, 0) is 17.0 Å². The first-order valence-electron chi connectivity index (χ1n) is 6.84. The molecule has 1 aromatic rings. The lowest BCUT2D eigenvalue weighted by atomic mass is 9.92. The third-order valence-electron chi connectivity index (χ3n) is 3.86. The van der Waals surface area contributed by atoms with Crippen molar-refractivity contribution in [1.29, 1.82) is 0 Å². The number of primary amides is 1. The van der Waals surface area contributed by atoms with Crippen LogP contribution in [0.3, 0.4) is 0 Å². The first-order valence-corrected chi connectivity index (χ1v) is 6.84. The summed E-state index contributed by atoms with van der Waals surface area (Å²) in [5.41, 5.74) is 13.5. The normalized spacial score (nSPS) is 19.6.